The Morgan fingerprint density at radius 1 is 1.07 bits per heavy atom. The third-order valence-electron chi connectivity index (χ3n) is 4.56. The predicted octanol–water partition coefficient (Wildman–Crippen LogP) is 5.11. The minimum Gasteiger partial charge on any atom is -0.495 e. The number of carbonyl (C=O) groups is 1. The van der Waals surface area contributed by atoms with Crippen molar-refractivity contribution >= 4 is 23.2 Å². The van der Waals surface area contributed by atoms with Crippen LogP contribution in [-0.4, -0.2) is 19.6 Å². The number of aryl methyl sites for hydroxylation is 1. The quantitative estimate of drug-likeness (QED) is 0.566. The summed E-state index contributed by atoms with van der Waals surface area (Å²) < 4.78 is 18.6. The normalized spacial score (nSPS) is 11.7. The van der Waals surface area contributed by atoms with Crippen LogP contribution in [0.3, 0.4) is 0 Å². The summed E-state index contributed by atoms with van der Waals surface area (Å²) in [5, 5.41) is 6.67. The van der Waals surface area contributed by atoms with Gasteiger partial charge in [-0.15, -0.1) is 0 Å². The molecule has 3 rings (SSSR count). The van der Waals surface area contributed by atoms with Crippen molar-refractivity contribution in [2.24, 2.45) is 0 Å². The second kappa shape index (κ2) is 9.54. The van der Waals surface area contributed by atoms with Gasteiger partial charge in [0.1, 0.15) is 11.6 Å². The van der Waals surface area contributed by atoms with E-state index in [0.29, 0.717) is 16.5 Å². The number of hydrogen-bond acceptors (Lipinski definition) is 3. The summed E-state index contributed by atoms with van der Waals surface area (Å²) >= 11 is 6.12. The van der Waals surface area contributed by atoms with Crippen LogP contribution in [0.1, 0.15) is 22.7 Å². The molecule has 1 unspecified atom stereocenters. The molecule has 3 aromatic rings. The lowest BCUT2D eigenvalue weighted by molar-refractivity contribution is -0.115. The molecule has 0 aliphatic heterocycles. The largest absolute Gasteiger partial charge is 0.495 e. The lowest BCUT2D eigenvalue weighted by atomic mass is 9.98. The molecule has 0 heterocycles. The highest BCUT2D eigenvalue weighted by Gasteiger charge is 2.16. The number of hydrogen-bond donors (Lipinski definition) is 2. The van der Waals surface area contributed by atoms with Gasteiger partial charge in [0.2, 0.25) is 5.91 Å². The van der Waals surface area contributed by atoms with Crippen molar-refractivity contribution in [1.29, 1.82) is 0 Å². The topological polar surface area (TPSA) is 50.4 Å². The van der Waals surface area contributed by atoms with Crippen molar-refractivity contribution < 1.29 is 13.9 Å². The van der Waals surface area contributed by atoms with Crippen LogP contribution in [0.2, 0.25) is 5.02 Å². The predicted molar refractivity (Wildman–Crippen MR) is 114 cm³/mol. The van der Waals surface area contributed by atoms with E-state index in [2.05, 4.69) is 10.6 Å². The molecule has 1 amide bonds. The van der Waals surface area contributed by atoms with Gasteiger partial charge in [-0.25, -0.2) is 4.39 Å². The van der Waals surface area contributed by atoms with Gasteiger partial charge in [0.25, 0.3) is 0 Å². The Labute approximate surface area is 174 Å². The Bertz CT molecular complexity index is 978. The lowest BCUT2D eigenvalue weighted by Crippen LogP contribution is -2.32. The molecule has 6 heteroatoms. The van der Waals surface area contributed by atoms with Crippen LogP contribution in [-0.2, 0) is 4.79 Å². The third kappa shape index (κ3) is 5.34. The average molecular weight is 413 g/mol. The molecule has 0 bridgehead atoms. The van der Waals surface area contributed by atoms with Crippen LogP contribution in [0.15, 0.2) is 66.7 Å². The molecule has 1 atom stereocenters. The maximum absolute atomic E-state index is 13.3. The molecule has 0 spiro atoms. The Morgan fingerprint density at radius 2 is 1.72 bits per heavy atom. The monoisotopic (exact) mass is 412 g/mol. The number of halogens is 2. The Balaban J connectivity index is 1.75. The van der Waals surface area contributed by atoms with Gasteiger partial charge in [-0.2, -0.15) is 0 Å². The van der Waals surface area contributed by atoms with Gasteiger partial charge in [0.15, 0.2) is 0 Å². The molecule has 0 aliphatic rings. The summed E-state index contributed by atoms with van der Waals surface area (Å²) in [4.78, 5) is 12.6. The number of nitrogens with one attached hydrogen (secondary N) is 2. The van der Waals surface area contributed by atoms with E-state index in [0.717, 1.165) is 16.7 Å². The van der Waals surface area contributed by atoms with Crippen molar-refractivity contribution in [2.45, 2.75) is 13.0 Å². The van der Waals surface area contributed by atoms with E-state index in [1.165, 1.54) is 19.2 Å². The first-order chi connectivity index (χ1) is 14.0. The van der Waals surface area contributed by atoms with Crippen LogP contribution in [0.5, 0.6) is 5.75 Å². The smallest absolute Gasteiger partial charge is 0.238 e. The third-order valence-corrected chi connectivity index (χ3v) is 4.97. The maximum Gasteiger partial charge on any atom is 0.238 e. The first-order valence-electron chi connectivity index (χ1n) is 9.15. The summed E-state index contributed by atoms with van der Waals surface area (Å²) in [5.74, 6) is -0.0383. The van der Waals surface area contributed by atoms with Gasteiger partial charge >= 0.3 is 0 Å². The zero-order chi connectivity index (χ0) is 20.8. The van der Waals surface area contributed by atoms with Gasteiger partial charge in [-0.3, -0.25) is 10.1 Å². The molecule has 3 aromatic carbocycles. The Morgan fingerprint density at radius 3 is 2.38 bits per heavy atom. The van der Waals surface area contributed by atoms with Gasteiger partial charge in [0.05, 0.1) is 25.4 Å². The van der Waals surface area contributed by atoms with Gasteiger partial charge in [-0.05, 0) is 41.8 Å². The van der Waals surface area contributed by atoms with E-state index in [1.54, 1.807) is 24.3 Å². The highest BCUT2D eigenvalue weighted by atomic mass is 35.5. The number of anilines is 1. The second-order valence-corrected chi connectivity index (χ2v) is 7.03. The fraction of sp³-hybridized carbons (Fsp3) is 0.174. The molecule has 0 fully saturated rings. The molecule has 2 N–H and O–H groups in total. The number of carbonyl (C=O) groups excluding carboxylic acids is 1. The average Bonchev–Trinajstić information content (AvgIpc) is 2.72. The van der Waals surface area contributed by atoms with Crippen LogP contribution >= 0.6 is 11.6 Å². The van der Waals surface area contributed by atoms with Crippen molar-refractivity contribution in [3.63, 3.8) is 0 Å². The van der Waals surface area contributed by atoms with Crippen molar-refractivity contribution in [1.82, 2.24) is 5.32 Å². The standard InChI is InChI=1S/C23H22ClFN2O2/c1-15-12-20(21(29-2)13-19(15)24)27-22(28)14-26-23(16-6-4-3-5-7-16)17-8-10-18(25)11-9-17/h3-13,23,26H,14H2,1-2H3,(H,27,28). The van der Waals surface area contributed by atoms with E-state index in [9.17, 15) is 9.18 Å². The molecule has 4 nitrogen and oxygen atoms in total. The minimum absolute atomic E-state index is 0.0573. The molecular formula is C23H22ClFN2O2. The van der Waals surface area contributed by atoms with Crippen LogP contribution in [0, 0.1) is 12.7 Å². The summed E-state index contributed by atoms with van der Waals surface area (Å²) in [6.45, 7) is 1.91. The van der Waals surface area contributed by atoms with E-state index in [1.807, 2.05) is 37.3 Å². The Hall–Kier alpha value is -2.89. The number of benzene rings is 3. The molecule has 0 saturated carbocycles. The van der Waals surface area contributed by atoms with Crippen LogP contribution in [0.25, 0.3) is 0 Å². The highest BCUT2D eigenvalue weighted by molar-refractivity contribution is 6.31. The molecule has 0 aliphatic carbocycles. The molecule has 0 radical (unpaired) electrons. The fourth-order valence-electron chi connectivity index (χ4n) is 3.05. The van der Waals surface area contributed by atoms with E-state index >= 15 is 0 Å². The number of ether oxygens (including phenoxy) is 1. The van der Waals surface area contributed by atoms with Crippen molar-refractivity contribution in [2.75, 3.05) is 19.0 Å². The molecule has 0 aromatic heterocycles. The van der Waals surface area contributed by atoms with Gasteiger partial charge < -0.3 is 10.1 Å². The second-order valence-electron chi connectivity index (χ2n) is 6.63. The lowest BCUT2D eigenvalue weighted by Gasteiger charge is -2.20. The van der Waals surface area contributed by atoms with Crippen LogP contribution in [0.4, 0.5) is 10.1 Å². The molecule has 150 valence electrons. The van der Waals surface area contributed by atoms with E-state index < -0.39 is 0 Å². The first-order valence-corrected chi connectivity index (χ1v) is 9.53. The van der Waals surface area contributed by atoms with Crippen molar-refractivity contribution in [3.05, 3.63) is 94.3 Å². The summed E-state index contributed by atoms with van der Waals surface area (Å²) in [5.41, 5.74) is 3.24. The molecule has 0 saturated heterocycles. The summed E-state index contributed by atoms with van der Waals surface area (Å²) in [6, 6.07) is 19.1. The van der Waals surface area contributed by atoms with Crippen LogP contribution < -0.4 is 15.4 Å². The summed E-state index contributed by atoms with van der Waals surface area (Å²) in [6.07, 6.45) is 0. The van der Waals surface area contributed by atoms with E-state index in [-0.39, 0.29) is 24.3 Å². The van der Waals surface area contributed by atoms with Gasteiger partial charge in [-0.1, -0.05) is 54.1 Å². The first kappa shape index (κ1) is 20.8. The number of methoxy groups -OCH3 is 1. The van der Waals surface area contributed by atoms with E-state index in [4.69, 9.17) is 16.3 Å². The van der Waals surface area contributed by atoms with Crippen molar-refractivity contribution in [3.8, 4) is 5.75 Å². The summed E-state index contributed by atoms with van der Waals surface area (Å²) in [7, 11) is 1.52. The Kier molecular flexibility index (Phi) is 6.86. The SMILES string of the molecule is COc1cc(Cl)c(C)cc1NC(=O)CNC(c1ccccc1)c1ccc(F)cc1. The zero-order valence-corrected chi connectivity index (χ0v) is 17.0. The molecule has 29 heavy (non-hydrogen) atoms. The number of rotatable bonds is 7. The van der Waals surface area contributed by atoms with Gasteiger partial charge in [0, 0.05) is 11.1 Å². The fourth-order valence-corrected chi connectivity index (χ4v) is 3.20. The number of amides is 1. The zero-order valence-electron chi connectivity index (χ0n) is 16.2. The molecular weight excluding hydrogens is 391 g/mol. The maximum atomic E-state index is 13.3. The highest BCUT2D eigenvalue weighted by Crippen LogP contribution is 2.31. The minimum atomic E-state index is -0.302.